The molecule has 0 aliphatic carbocycles. The summed E-state index contributed by atoms with van der Waals surface area (Å²) in [6.45, 7) is 3.81. The lowest BCUT2D eigenvalue weighted by molar-refractivity contribution is 0.328. The Balaban J connectivity index is 0.00000144. The number of thiophene rings is 1. The molecule has 0 aromatic carbocycles. The van der Waals surface area contributed by atoms with Crippen LogP contribution in [0.5, 0.6) is 0 Å². The van der Waals surface area contributed by atoms with Gasteiger partial charge in [0.2, 0.25) is 10.0 Å². The van der Waals surface area contributed by atoms with E-state index in [0.717, 1.165) is 19.5 Å². The summed E-state index contributed by atoms with van der Waals surface area (Å²) in [4.78, 5) is 0. The van der Waals surface area contributed by atoms with Crippen LogP contribution in [0.3, 0.4) is 0 Å². The number of rotatable bonds is 3. The summed E-state index contributed by atoms with van der Waals surface area (Å²) in [5, 5.41) is 5.03. The molecule has 7 heteroatoms. The number of halogens is 1. The molecule has 1 fully saturated rings. The second-order valence-corrected chi connectivity index (χ2v) is 7.02. The Labute approximate surface area is 112 Å². The SMILES string of the molecule is CC1CNCCC1NS(=O)(=O)c1cccs1.Cl. The molecule has 0 amide bonds. The van der Waals surface area contributed by atoms with Gasteiger partial charge in [-0.15, -0.1) is 23.7 Å². The molecule has 0 spiro atoms. The topological polar surface area (TPSA) is 58.2 Å². The highest BCUT2D eigenvalue weighted by atomic mass is 35.5. The first-order chi connectivity index (χ1) is 7.59. The number of nitrogens with one attached hydrogen (secondary N) is 2. The highest BCUT2D eigenvalue weighted by Gasteiger charge is 2.26. The number of hydrogen-bond donors (Lipinski definition) is 2. The average Bonchev–Trinajstić information content (AvgIpc) is 2.75. The van der Waals surface area contributed by atoms with Crippen molar-refractivity contribution in [3.63, 3.8) is 0 Å². The molecule has 2 rings (SSSR count). The maximum atomic E-state index is 12.0. The lowest BCUT2D eigenvalue weighted by Crippen LogP contribution is -2.48. The van der Waals surface area contributed by atoms with Gasteiger partial charge in [-0.2, -0.15) is 0 Å². The normalized spacial score (nSPS) is 25.2. The van der Waals surface area contributed by atoms with Crippen LogP contribution < -0.4 is 10.0 Å². The molecule has 2 heterocycles. The van der Waals surface area contributed by atoms with Gasteiger partial charge >= 0.3 is 0 Å². The van der Waals surface area contributed by atoms with Gasteiger partial charge in [0.05, 0.1) is 0 Å². The van der Waals surface area contributed by atoms with E-state index in [1.165, 1.54) is 11.3 Å². The van der Waals surface area contributed by atoms with E-state index in [1.54, 1.807) is 17.5 Å². The lowest BCUT2D eigenvalue weighted by Gasteiger charge is -2.29. The van der Waals surface area contributed by atoms with Crippen LogP contribution in [0.1, 0.15) is 13.3 Å². The zero-order chi connectivity index (χ0) is 11.6. The van der Waals surface area contributed by atoms with Crippen molar-refractivity contribution in [3.8, 4) is 0 Å². The van der Waals surface area contributed by atoms with Crippen LogP contribution in [0.2, 0.25) is 0 Å². The summed E-state index contributed by atoms with van der Waals surface area (Å²) in [7, 11) is -3.31. The van der Waals surface area contributed by atoms with Gasteiger partial charge in [0.15, 0.2) is 0 Å². The number of hydrogen-bond acceptors (Lipinski definition) is 4. The van der Waals surface area contributed by atoms with Crippen molar-refractivity contribution in [3.05, 3.63) is 17.5 Å². The Hall–Kier alpha value is -0.140. The van der Waals surface area contributed by atoms with Gasteiger partial charge in [-0.25, -0.2) is 13.1 Å². The third-order valence-corrected chi connectivity index (χ3v) is 5.74. The first-order valence-corrected chi connectivity index (χ1v) is 7.72. The van der Waals surface area contributed by atoms with Crippen molar-refractivity contribution in [1.29, 1.82) is 0 Å². The maximum absolute atomic E-state index is 12.0. The predicted octanol–water partition coefficient (Wildman–Crippen LogP) is 1.45. The second kappa shape index (κ2) is 6.15. The molecule has 0 radical (unpaired) electrons. The first kappa shape index (κ1) is 14.9. The fraction of sp³-hybridized carbons (Fsp3) is 0.600. The Morgan fingerprint density at radius 2 is 2.29 bits per heavy atom. The van der Waals surface area contributed by atoms with Crippen molar-refractivity contribution in [2.75, 3.05) is 13.1 Å². The largest absolute Gasteiger partial charge is 0.316 e. The summed E-state index contributed by atoms with van der Waals surface area (Å²) in [5.41, 5.74) is 0. The first-order valence-electron chi connectivity index (χ1n) is 5.36. The molecule has 1 aliphatic rings. The summed E-state index contributed by atoms with van der Waals surface area (Å²) in [6.07, 6.45) is 0.853. The van der Waals surface area contributed by atoms with Gasteiger partial charge in [0.25, 0.3) is 0 Å². The fourth-order valence-electron chi connectivity index (χ4n) is 1.86. The van der Waals surface area contributed by atoms with E-state index < -0.39 is 10.0 Å². The molecule has 0 bridgehead atoms. The Kier molecular flexibility index (Phi) is 5.40. The predicted molar refractivity (Wildman–Crippen MR) is 72.3 cm³/mol. The van der Waals surface area contributed by atoms with Crippen molar-refractivity contribution in [2.45, 2.75) is 23.6 Å². The van der Waals surface area contributed by atoms with E-state index in [1.807, 2.05) is 0 Å². The molecular formula is C10H17ClN2O2S2. The molecule has 2 atom stereocenters. The molecule has 1 saturated heterocycles. The summed E-state index contributed by atoms with van der Waals surface area (Å²) >= 11 is 1.25. The van der Waals surface area contributed by atoms with Gasteiger partial charge in [0.1, 0.15) is 4.21 Å². The van der Waals surface area contributed by atoms with E-state index in [4.69, 9.17) is 0 Å². The van der Waals surface area contributed by atoms with E-state index in [2.05, 4.69) is 17.0 Å². The van der Waals surface area contributed by atoms with Gasteiger partial charge in [-0.05, 0) is 36.9 Å². The molecule has 2 N–H and O–H groups in total. The highest BCUT2D eigenvalue weighted by molar-refractivity contribution is 7.91. The van der Waals surface area contributed by atoms with E-state index in [0.29, 0.717) is 10.1 Å². The maximum Gasteiger partial charge on any atom is 0.250 e. The zero-order valence-corrected chi connectivity index (χ0v) is 12.0. The van der Waals surface area contributed by atoms with Gasteiger partial charge in [-0.1, -0.05) is 13.0 Å². The molecule has 98 valence electrons. The van der Waals surface area contributed by atoms with E-state index in [9.17, 15) is 8.42 Å². The molecule has 1 aliphatic heterocycles. The van der Waals surface area contributed by atoms with Crippen LogP contribution >= 0.6 is 23.7 Å². The third-order valence-electron chi connectivity index (χ3n) is 2.85. The van der Waals surface area contributed by atoms with Crippen molar-refractivity contribution in [1.82, 2.24) is 10.0 Å². The molecule has 1 aromatic rings. The fourth-order valence-corrected chi connectivity index (χ4v) is 4.25. The zero-order valence-electron chi connectivity index (χ0n) is 9.55. The molecule has 4 nitrogen and oxygen atoms in total. The van der Waals surface area contributed by atoms with Crippen LogP contribution in [0, 0.1) is 5.92 Å². The molecule has 17 heavy (non-hydrogen) atoms. The lowest BCUT2D eigenvalue weighted by atomic mass is 9.97. The smallest absolute Gasteiger partial charge is 0.250 e. The van der Waals surface area contributed by atoms with Crippen LogP contribution in [-0.4, -0.2) is 27.5 Å². The van der Waals surface area contributed by atoms with Crippen LogP contribution in [0.25, 0.3) is 0 Å². The minimum atomic E-state index is -3.31. The third kappa shape index (κ3) is 3.66. The van der Waals surface area contributed by atoms with Gasteiger partial charge in [-0.3, -0.25) is 0 Å². The van der Waals surface area contributed by atoms with Crippen LogP contribution in [0.4, 0.5) is 0 Å². The summed E-state index contributed by atoms with van der Waals surface area (Å²) in [6, 6.07) is 3.44. The molecular weight excluding hydrogens is 280 g/mol. The highest BCUT2D eigenvalue weighted by Crippen LogP contribution is 2.19. The summed E-state index contributed by atoms with van der Waals surface area (Å²) in [5.74, 6) is 0.337. The minimum absolute atomic E-state index is 0. The number of sulfonamides is 1. The quantitative estimate of drug-likeness (QED) is 0.887. The van der Waals surface area contributed by atoms with Gasteiger partial charge in [0, 0.05) is 6.04 Å². The second-order valence-electron chi connectivity index (χ2n) is 4.13. The average molecular weight is 297 g/mol. The molecule has 2 unspecified atom stereocenters. The summed E-state index contributed by atoms with van der Waals surface area (Å²) < 4.78 is 27.2. The monoisotopic (exact) mass is 296 g/mol. The Morgan fingerprint density at radius 1 is 1.53 bits per heavy atom. The van der Waals surface area contributed by atoms with Crippen molar-refractivity contribution in [2.24, 2.45) is 5.92 Å². The number of piperidine rings is 1. The van der Waals surface area contributed by atoms with Crippen LogP contribution in [0.15, 0.2) is 21.7 Å². The Morgan fingerprint density at radius 3 is 2.88 bits per heavy atom. The van der Waals surface area contributed by atoms with Crippen molar-refractivity contribution >= 4 is 33.8 Å². The minimum Gasteiger partial charge on any atom is -0.316 e. The van der Waals surface area contributed by atoms with Crippen LogP contribution in [-0.2, 0) is 10.0 Å². The standard InChI is InChI=1S/C10H16N2O2S2.ClH/c1-8-7-11-5-4-9(8)12-16(13,14)10-3-2-6-15-10;/h2-3,6,8-9,11-12H,4-5,7H2,1H3;1H. The van der Waals surface area contributed by atoms with E-state index >= 15 is 0 Å². The van der Waals surface area contributed by atoms with E-state index in [-0.39, 0.29) is 18.4 Å². The Bertz CT molecular complexity index is 433. The van der Waals surface area contributed by atoms with Gasteiger partial charge < -0.3 is 5.32 Å². The molecule has 0 saturated carbocycles. The van der Waals surface area contributed by atoms with Crippen molar-refractivity contribution < 1.29 is 8.42 Å². The molecule has 1 aromatic heterocycles.